The zero-order valence-corrected chi connectivity index (χ0v) is 26.5. The van der Waals surface area contributed by atoms with E-state index in [2.05, 4.69) is 0 Å². The van der Waals surface area contributed by atoms with Gasteiger partial charge >= 0.3 is 5.97 Å². The molecule has 5 rings (SSSR count). The van der Waals surface area contributed by atoms with Crippen LogP contribution in [0.5, 0.6) is 23.0 Å². The molecule has 3 fully saturated rings. The van der Waals surface area contributed by atoms with Crippen LogP contribution < -0.4 is 18.9 Å². The van der Waals surface area contributed by atoms with Gasteiger partial charge in [0.25, 0.3) is 0 Å². The van der Waals surface area contributed by atoms with Gasteiger partial charge in [-0.15, -0.1) is 0 Å². The van der Waals surface area contributed by atoms with Crippen molar-refractivity contribution in [2.24, 2.45) is 5.92 Å². The highest BCUT2D eigenvalue weighted by Gasteiger charge is 2.48. The minimum atomic E-state index is -1.74. The molecule has 0 bridgehead atoms. The minimum Gasteiger partial charge on any atom is -0.493 e. The van der Waals surface area contributed by atoms with Crippen molar-refractivity contribution < 1.29 is 78.4 Å². The summed E-state index contributed by atoms with van der Waals surface area (Å²) in [5, 5.41) is 71.4. The van der Waals surface area contributed by atoms with E-state index in [1.807, 2.05) is 12.1 Å². The average Bonchev–Trinajstić information content (AvgIpc) is 3.46. The Bertz CT molecular complexity index is 1390. The van der Waals surface area contributed by atoms with Gasteiger partial charge < -0.3 is 73.6 Å². The van der Waals surface area contributed by atoms with Crippen LogP contribution >= 0.6 is 0 Å². The predicted molar refractivity (Wildman–Crippen MR) is 160 cm³/mol. The van der Waals surface area contributed by atoms with E-state index in [4.69, 9.17) is 37.9 Å². The largest absolute Gasteiger partial charge is 0.493 e. The topological polar surface area (TPSA) is 233 Å². The number of aliphatic hydroxyl groups excluding tert-OH is 7. The van der Waals surface area contributed by atoms with Crippen LogP contribution in [0.1, 0.15) is 17.0 Å². The van der Waals surface area contributed by atoms with Gasteiger partial charge in [-0.05, 0) is 41.8 Å². The van der Waals surface area contributed by atoms with Gasteiger partial charge in [0.2, 0.25) is 6.29 Å². The quantitative estimate of drug-likeness (QED) is 0.123. The number of hydrogen-bond acceptors (Lipinski definition) is 16. The molecule has 0 radical (unpaired) electrons. The zero-order valence-electron chi connectivity index (χ0n) is 26.5. The third-order valence-corrected chi connectivity index (χ3v) is 8.90. The molecule has 48 heavy (non-hydrogen) atoms. The van der Waals surface area contributed by atoms with E-state index in [-0.39, 0.29) is 30.0 Å². The van der Waals surface area contributed by atoms with Gasteiger partial charge in [0.1, 0.15) is 48.8 Å². The summed E-state index contributed by atoms with van der Waals surface area (Å²) in [5.74, 6) is 0.329. The van der Waals surface area contributed by atoms with E-state index in [1.165, 1.54) is 21.3 Å². The third-order valence-electron chi connectivity index (χ3n) is 8.90. The molecule has 0 amide bonds. The average molecular weight is 683 g/mol. The molecule has 16 heteroatoms. The number of rotatable bonds is 12. The first kappa shape index (κ1) is 36.0. The molecule has 3 saturated heterocycles. The summed E-state index contributed by atoms with van der Waals surface area (Å²) in [4.78, 5) is 12.8. The van der Waals surface area contributed by atoms with Gasteiger partial charge in [0, 0.05) is 5.92 Å². The maximum atomic E-state index is 12.8. The van der Waals surface area contributed by atoms with E-state index >= 15 is 0 Å². The highest BCUT2D eigenvalue weighted by Crippen LogP contribution is 2.40. The molecule has 3 heterocycles. The number of ether oxygens (including phenoxy) is 8. The molecule has 2 aromatic carbocycles. The minimum absolute atomic E-state index is 0.118. The van der Waals surface area contributed by atoms with Crippen molar-refractivity contribution in [3.05, 3.63) is 47.5 Å². The van der Waals surface area contributed by atoms with Crippen molar-refractivity contribution in [3.8, 4) is 23.0 Å². The number of carbonyl (C=O) groups is 1. The normalized spacial score (nSPS) is 35.2. The van der Waals surface area contributed by atoms with Gasteiger partial charge in [-0.3, -0.25) is 4.79 Å². The van der Waals surface area contributed by atoms with Crippen LogP contribution in [-0.4, -0.2) is 144 Å². The highest BCUT2D eigenvalue weighted by atomic mass is 16.7. The highest BCUT2D eigenvalue weighted by molar-refractivity contribution is 5.76. The van der Waals surface area contributed by atoms with Gasteiger partial charge in [0.05, 0.1) is 47.1 Å². The second-order valence-corrected chi connectivity index (χ2v) is 11.8. The number of carbonyl (C=O) groups excluding carboxylic acids is 1. The van der Waals surface area contributed by atoms with Crippen molar-refractivity contribution in [2.45, 2.75) is 73.8 Å². The van der Waals surface area contributed by atoms with Crippen molar-refractivity contribution >= 4 is 5.97 Å². The molecule has 2 aromatic rings. The summed E-state index contributed by atoms with van der Waals surface area (Å²) in [7, 11) is 4.47. The lowest BCUT2D eigenvalue weighted by molar-refractivity contribution is -0.323. The second kappa shape index (κ2) is 15.5. The van der Waals surface area contributed by atoms with Crippen molar-refractivity contribution in [2.75, 3.05) is 41.2 Å². The summed E-state index contributed by atoms with van der Waals surface area (Å²) in [6, 6.07) is 10.4. The maximum Gasteiger partial charge on any atom is 0.310 e. The summed E-state index contributed by atoms with van der Waals surface area (Å²) >= 11 is 0. The lowest BCUT2D eigenvalue weighted by Crippen LogP contribution is -2.62. The molecule has 266 valence electrons. The fourth-order valence-electron chi connectivity index (χ4n) is 6.06. The van der Waals surface area contributed by atoms with Crippen LogP contribution in [0.25, 0.3) is 0 Å². The lowest BCUT2D eigenvalue weighted by atomic mass is 9.84. The predicted octanol–water partition coefficient (Wildman–Crippen LogP) is -1.79. The van der Waals surface area contributed by atoms with Crippen molar-refractivity contribution in [1.82, 2.24) is 0 Å². The smallest absolute Gasteiger partial charge is 0.310 e. The van der Waals surface area contributed by atoms with Crippen molar-refractivity contribution in [1.29, 1.82) is 0 Å². The SMILES string of the molecule is COc1ccc([C@@H]2COC(=O)[C@@H]2Cc2ccc(O[C@@H]3O[C@H](CO[C@@H]4O[C@H](CO)[C@@H](O)[C@H](O)[C@H]4O)[C@@H](O)[C@H](O)[C@H]3O)c(OC)c2)cc1OC. The van der Waals surface area contributed by atoms with E-state index in [9.17, 15) is 40.5 Å². The van der Waals surface area contributed by atoms with Crippen LogP contribution in [0.4, 0.5) is 0 Å². The first-order valence-electron chi connectivity index (χ1n) is 15.3. The van der Waals surface area contributed by atoms with E-state index in [0.29, 0.717) is 17.9 Å². The van der Waals surface area contributed by atoms with E-state index in [0.717, 1.165) is 11.1 Å². The Morgan fingerprint density at radius 1 is 0.708 bits per heavy atom. The molecule has 16 nitrogen and oxygen atoms in total. The molecule has 0 unspecified atom stereocenters. The van der Waals surface area contributed by atoms with Gasteiger partial charge in [0.15, 0.2) is 29.3 Å². The number of methoxy groups -OCH3 is 3. The summed E-state index contributed by atoms with van der Waals surface area (Å²) in [5.41, 5.74) is 1.57. The summed E-state index contributed by atoms with van der Waals surface area (Å²) in [6.07, 6.45) is -15.3. The molecule has 3 aliphatic rings. The molecule has 0 spiro atoms. The zero-order chi connectivity index (χ0) is 34.7. The number of benzene rings is 2. The number of esters is 1. The third kappa shape index (κ3) is 7.33. The fraction of sp³-hybridized carbons (Fsp3) is 0.594. The molecule has 0 aliphatic carbocycles. The Balaban J connectivity index is 1.26. The van der Waals surface area contributed by atoms with Crippen LogP contribution in [0.2, 0.25) is 0 Å². The number of hydrogen-bond donors (Lipinski definition) is 7. The Morgan fingerprint density at radius 2 is 1.31 bits per heavy atom. The maximum absolute atomic E-state index is 12.8. The summed E-state index contributed by atoms with van der Waals surface area (Å²) in [6.45, 7) is -0.982. The lowest BCUT2D eigenvalue weighted by Gasteiger charge is -2.42. The Morgan fingerprint density at radius 3 is 1.98 bits per heavy atom. The molecular weight excluding hydrogens is 640 g/mol. The van der Waals surface area contributed by atoms with Gasteiger partial charge in [-0.2, -0.15) is 0 Å². The molecule has 0 saturated carbocycles. The number of cyclic esters (lactones) is 1. The van der Waals surface area contributed by atoms with Crippen molar-refractivity contribution in [3.63, 3.8) is 0 Å². The van der Waals surface area contributed by atoms with E-state index in [1.54, 1.807) is 24.3 Å². The molecule has 12 atom stereocenters. The standard InChI is InChI=1S/C32H42O16/c1-41-18-7-5-15(10-21(18)43-3)17-12-44-30(40)16(17)8-14-4-6-19(20(9-14)42-2)46-32-29(39)27(37)25(35)23(48-32)13-45-31-28(38)26(36)24(34)22(11-33)47-31/h4-7,9-10,16-17,22-29,31-39H,8,11-13H2,1-3H3/t16-,17+,22-,23-,24-,25-,26+,27+,28-,29-,31-,32-/m1/s1. The van der Waals surface area contributed by atoms with Crippen LogP contribution in [-0.2, 0) is 30.2 Å². The van der Waals surface area contributed by atoms with Gasteiger partial charge in [-0.1, -0.05) is 12.1 Å². The van der Waals surface area contributed by atoms with Crippen LogP contribution in [0.3, 0.4) is 0 Å². The van der Waals surface area contributed by atoms with E-state index < -0.39 is 80.5 Å². The molecule has 0 aromatic heterocycles. The Hall–Kier alpha value is -3.29. The monoisotopic (exact) mass is 682 g/mol. The van der Waals surface area contributed by atoms with Gasteiger partial charge in [-0.25, -0.2) is 0 Å². The van der Waals surface area contributed by atoms with Crippen LogP contribution in [0, 0.1) is 5.92 Å². The molecule has 3 aliphatic heterocycles. The Labute approximate surface area is 275 Å². The van der Waals surface area contributed by atoms with Crippen LogP contribution in [0.15, 0.2) is 36.4 Å². The fourth-order valence-corrected chi connectivity index (χ4v) is 6.06. The number of aliphatic hydroxyl groups is 7. The Kier molecular flexibility index (Phi) is 11.6. The first-order chi connectivity index (χ1) is 23.0. The second-order valence-electron chi connectivity index (χ2n) is 11.8. The summed E-state index contributed by atoms with van der Waals surface area (Å²) < 4.78 is 44.1. The molecule has 7 N–H and O–H groups in total. The first-order valence-corrected chi connectivity index (χ1v) is 15.3. The molecular formula is C32H42O16.